The third-order valence-electron chi connectivity index (χ3n) is 2.63. The lowest BCUT2D eigenvalue weighted by Crippen LogP contribution is -2.12. The molecule has 0 saturated carbocycles. The van der Waals surface area contributed by atoms with Crippen molar-refractivity contribution in [1.82, 2.24) is 4.98 Å². The highest BCUT2D eigenvalue weighted by atomic mass is 35.5. The molecular weight excluding hydrogens is 311 g/mol. The van der Waals surface area contributed by atoms with E-state index in [1.54, 1.807) is 24.5 Å². The second-order valence-electron chi connectivity index (χ2n) is 4.31. The first-order chi connectivity index (χ1) is 10.1. The molecule has 0 atom stereocenters. The largest absolute Gasteiger partial charge is 0.490 e. The second kappa shape index (κ2) is 7.29. The number of anilines is 1. The molecule has 110 valence electrons. The number of nitrogens with one attached hydrogen (secondary N) is 1. The smallest absolute Gasteiger partial charge is 0.255 e. The Morgan fingerprint density at radius 2 is 2.05 bits per heavy atom. The van der Waals surface area contributed by atoms with Gasteiger partial charge in [0, 0.05) is 11.8 Å². The summed E-state index contributed by atoms with van der Waals surface area (Å²) in [6.45, 7) is 2.50. The predicted molar refractivity (Wildman–Crippen MR) is 84.4 cm³/mol. The summed E-state index contributed by atoms with van der Waals surface area (Å²) in [5.41, 5.74) is 0.957. The van der Waals surface area contributed by atoms with Crippen molar-refractivity contribution in [2.24, 2.45) is 0 Å². The summed E-state index contributed by atoms with van der Waals surface area (Å²) in [6.07, 6.45) is 4.03. The van der Waals surface area contributed by atoms with Gasteiger partial charge in [-0.15, -0.1) is 0 Å². The lowest BCUT2D eigenvalue weighted by atomic mass is 10.2. The molecule has 1 heterocycles. The van der Waals surface area contributed by atoms with Crippen LogP contribution in [0.3, 0.4) is 0 Å². The molecule has 0 saturated heterocycles. The molecule has 1 N–H and O–H groups in total. The first-order valence-corrected chi connectivity index (χ1v) is 7.20. The Balaban J connectivity index is 2.19. The van der Waals surface area contributed by atoms with Gasteiger partial charge in [-0.05, 0) is 30.7 Å². The van der Waals surface area contributed by atoms with Crippen molar-refractivity contribution in [2.75, 3.05) is 11.9 Å². The van der Waals surface area contributed by atoms with E-state index in [4.69, 9.17) is 27.9 Å². The highest BCUT2D eigenvalue weighted by Crippen LogP contribution is 2.34. The molecule has 21 heavy (non-hydrogen) atoms. The molecule has 2 aromatic rings. The van der Waals surface area contributed by atoms with Crippen LogP contribution in [-0.2, 0) is 0 Å². The van der Waals surface area contributed by atoms with Gasteiger partial charge in [0.25, 0.3) is 5.91 Å². The van der Waals surface area contributed by atoms with Gasteiger partial charge in [0.1, 0.15) is 0 Å². The Kier molecular flexibility index (Phi) is 5.42. The molecular formula is C15H14Cl2N2O2. The van der Waals surface area contributed by atoms with E-state index in [1.807, 2.05) is 6.92 Å². The number of aromatic nitrogens is 1. The Bertz CT molecular complexity index is 610. The molecule has 1 aromatic heterocycles. The zero-order chi connectivity index (χ0) is 15.2. The molecule has 0 aliphatic heterocycles. The summed E-state index contributed by atoms with van der Waals surface area (Å²) in [7, 11) is 0. The molecule has 0 aliphatic carbocycles. The van der Waals surface area contributed by atoms with E-state index in [9.17, 15) is 4.79 Å². The van der Waals surface area contributed by atoms with Crippen LogP contribution in [0, 0.1) is 0 Å². The van der Waals surface area contributed by atoms with Gasteiger partial charge >= 0.3 is 0 Å². The number of hydrogen-bond acceptors (Lipinski definition) is 3. The zero-order valence-electron chi connectivity index (χ0n) is 11.4. The van der Waals surface area contributed by atoms with Crippen LogP contribution in [-0.4, -0.2) is 17.5 Å². The number of hydrogen-bond donors (Lipinski definition) is 1. The standard InChI is InChI=1S/C15H14Cl2N2O2/c1-2-6-21-14-12(16)7-10(8-13(14)17)15(20)19-11-4-3-5-18-9-11/h3-5,7-9H,2,6H2,1H3,(H,19,20). The maximum atomic E-state index is 12.1. The van der Waals surface area contributed by atoms with E-state index in [-0.39, 0.29) is 5.91 Å². The average molecular weight is 325 g/mol. The van der Waals surface area contributed by atoms with E-state index >= 15 is 0 Å². The number of nitrogens with zero attached hydrogens (tertiary/aromatic N) is 1. The molecule has 0 radical (unpaired) electrons. The van der Waals surface area contributed by atoms with Crippen molar-refractivity contribution in [1.29, 1.82) is 0 Å². The number of carbonyl (C=O) groups excluding carboxylic acids is 1. The van der Waals surface area contributed by atoms with Crippen LogP contribution in [0.4, 0.5) is 5.69 Å². The molecule has 1 amide bonds. The molecule has 0 bridgehead atoms. The predicted octanol–water partition coefficient (Wildman–Crippen LogP) is 4.43. The number of rotatable bonds is 5. The van der Waals surface area contributed by atoms with Crippen molar-refractivity contribution in [3.05, 3.63) is 52.3 Å². The minimum atomic E-state index is -0.311. The maximum Gasteiger partial charge on any atom is 0.255 e. The molecule has 0 aliphatic rings. The highest BCUT2D eigenvalue weighted by molar-refractivity contribution is 6.37. The fraction of sp³-hybridized carbons (Fsp3) is 0.200. The normalized spacial score (nSPS) is 10.2. The minimum absolute atomic E-state index is 0.311. The fourth-order valence-electron chi connectivity index (χ4n) is 1.67. The van der Waals surface area contributed by atoms with Crippen LogP contribution in [0.2, 0.25) is 10.0 Å². The van der Waals surface area contributed by atoms with E-state index in [0.29, 0.717) is 33.7 Å². The van der Waals surface area contributed by atoms with Gasteiger partial charge in [-0.2, -0.15) is 0 Å². The van der Waals surface area contributed by atoms with Crippen LogP contribution in [0.25, 0.3) is 0 Å². The van der Waals surface area contributed by atoms with Gasteiger partial charge in [0.15, 0.2) is 5.75 Å². The van der Waals surface area contributed by atoms with Crippen LogP contribution < -0.4 is 10.1 Å². The first-order valence-electron chi connectivity index (χ1n) is 6.45. The van der Waals surface area contributed by atoms with Crippen LogP contribution in [0.1, 0.15) is 23.7 Å². The maximum absolute atomic E-state index is 12.1. The SMILES string of the molecule is CCCOc1c(Cl)cc(C(=O)Nc2cccnc2)cc1Cl. The van der Waals surface area contributed by atoms with Crippen molar-refractivity contribution in [3.63, 3.8) is 0 Å². The number of pyridine rings is 1. The summed E-state index contributed by atoms with van der Waals surface area (Å²) < 4.78 is 5.46. The van der Waals surface area contributed by atoms with Crippen LogP contribution in [0.5, 0.6) is 5.75 Å². The Hall–Kier alpha value is -1.78. The van der Waals surface area contributed by atoms with Crippen molar-refractivity contribution in [2.45, 2.75) is 13.3 Å². The second-order valence-corrected chi connectivity index (χ2v) is 5.13. The van der Waals surface area contributed by atoms with Crippen molar-refractivity contribution in [3.8, 4) is 5.75 Å². The van der Waals surface area contributed by atoms with E-state index in [2.05, 4.69) is 10.3 Å². The molecule has 2 rings (SSSR count). The van der Waals surface area contributed by atoms with Crippen molar-refractivity contribution >= 4 is 34.8 Å². The Labute approximate surface area is 133 Å². The number of amides is 1. The first kappa shape index (κ1) is 15.6. The quantitative estimate of drug-likeness (QED) is 0.885. The topological polar surface area (TPSA) is 51.2 Å². The Morgan fingerprint density at radius 3 is 2.62 bits per heavy atom. The molecule has 0 spiro atoms. The molecule has 1 aromatic carbocycles. The van der Waals surface area contributed by atoms with Gasteiger partial charge < -0.3 is 10.1 Å². The minimum Gasteiger partial charge on any atom is -0.490 e. The third kappa shape index (κ3) is 4.09. The van der Waals surface area contributed by atoms with Crippen LogP contribution in [0.15, 0.2) is 36.7 Å². The van der Waals surface area contributed by atoms with E-state index in [1.165, 1.54) is 12.1 Å². The van der Waals surface area contributed by atoms with Gasteiger partial charge in [0.05, 0.1) is 28.5 Å². The summed E-state index contributed by atoms with van der Waals surface area (Å²) in [4.78, 5) is 16.1. The number of carbonyl (C=O) groups is 1. The highest BCUT2D eigenvalue weighted by Gasteiger charge is 2.14. The number of benzene rings is 1. The molecule has 6 heteroatoms. The molecule has 0 unspecified atom stereocenters. The third-order valence-corrected chi connectivity index (χ3v) is 3.19. The summed E-state index contributed by atoms with van der Waals surface area (Å²) in [5, 5.41) is 3.34. The van der Waals surface area contributed by atoms with Crippen LogP contribution >= 0.6 is 23.2 Å². The van der Waals surface area contributed by atoms with E-state index in [0.717, 1.165) is 6.42 Å². The summed E-state index contributed by atoms with van der Waals surface area (Å²) in [6, 6.07) is 6.54. The van der Waals surface area contributed by atoms with Gasteiger partial charge in [0.2, 0.25) is 0 Å². The number of halogens is 2. The summed E-state index contributed by atoms with van der Waals surface area (Å²) in [5.74, 6) is 0.0898. The average Bonchev–Trinajstić information content (AvgIpc) is 2.47. The lowest BCUT2D eigenvalue weighted by molar-refractivity contribution is 0.102. The lowest BCUT2D eigenvalue weighted by Gasteiger charge is -2.11. The van der Waals surface area contributed by atoms with Gasteiger partial charge in [-0.3, -0.25) is 9.78 Å². The zero-order valence-corrected chi connectivity index (χ0v) is 12.9. The fourth-order valence-corrected chi connectivity index (χ4v) is 2.27. The van der Waals surface area contributed by atoms with Gasteiger partial charge in [-0.1, -0.05) is 30.1 Å². The molecule has 4 nitrogen and oxygen atoms in total. The monoisotopic (exact) mass is 324 g/mol. The van der Waals surface area contributed by atoms with Crippen molar-refractivity contribution < 1.29 is 9.53 Å². The Morgan fingerprint density at radius 1 is 1.33 bits per heavy atom. The summed E-state index contributed by atoms with van der Waals surface area (Å²) >= 11 is 12.2. The van der Waals surface area contributed by atoms with Gasteiger partial charge in [-0.25, -0.2) is 0 Å². The molecule has 0 fully saturated rings. The van der Waals surface area contributed by atoms with E-state index < -0.39 is 0 Å². The number of ether oxygens (including phenoxy) is 1.